The van der Waals surface area contributed by atoms with Gasteiger partial charge >= 0.3 is 8.80 Å². The van der Waals surface area contributed by atoms with Crippen molar-refractivity contribution in [3.05, 3.63) is 0 Å². The molecular weight excluding hydrogens is 198 g/mol. The quantitative estimate of drug-likeness (QED) is 0.671. The van der Waals surface area contributed by atoms with Gasteiger partial charge in [0.15, 0.2) is 0 Å². The Kier molecular flexibility index (Phi) is 15.6. The molecule has 0 atom stereocenters. The summed E-state index contributed by atoms with van der Waals surface area (Å²) in [5, 5.41) is 0. The van der Waals surface area contributed by atoms with E-state index >= 15 is 0 Å². The summed E-state index contributed by atoms with van der Waals surface area (Å²) in [6.07, 6.45) is 0.350. The van der Waals surface area contributed by atoms with Crippen LogP contribution in [0.3, 0.4) is 0 Å². The lowest BCUT2D eigenvalue weighted by atomic mass is 10.9. The zero-order chi connectivity index (χ0) is 9.45. The maximum absolute atomic E-state index is 5.55. The summed E-state index contributed by atoms with van der Waals surface area (Å²) in [6.45, 7) is 7.50. The predicted octanol–water partition coefficient (Wildman–Crippen LogP) is 1.80. The van der Waals surface area contributed by atoms with Gasteiger partial charge in [0, 0.05) is 19.8 Å². The minimum absolute atomic E-state index is 0. The van der Waals surface area contributed by atoms with Crippen LogP contribution in [0.4, 0.5) is 0 Å². The van der Waals surface area contributed by atoms with Crippen LogP contribution in [-0.2, 0) is 13.3 Å². The summed E-state index contributed by atoms with van der Waals surface area (Å²) >= 11 is 0. The Balaban J connectivity index is -0.000000605. The van der Waals surface area contributed by atoms with E-state index in [0.29, 0.717) is 26.0 Å². The Morgan fingerprint density at radius 1 is 0.857 bits per heavy atom. The SMILES string of the molecule is C.C.CCO[Si](CN)(OCC)OCC. The van der Waals surface area contributed by atoms with Crippen LogP contribution in [-0.4, -0.2) is 34.8 Å². The summed E-state index contributed by atoms with van der Waals surface area (Å²) in [5.74, 6) is 0. The fraction of sp³-hybridized carbons (Fsp3) is 1.00. The van der Waals surface area contributed by atoms with Gasteiger partial charge < -0.3 is 19.0 Å². The van der Waals surface area contributed by atoms with E-state index in [1.165, 1.54) is 0 Å². The van der Waals surface area contributed by atoms with Crippen molar-refractivity contribution in [1.29, 1.82) is 0 Å². The largest absolute Gasteiger partial charge is 0.515 e. The molecule has 0 heterocycles. The summed E-state index contributed by atoms with van der Waals surface area (Å²) in [6, 6.07) is 0. The Bertz CT molecular complexity index is 97.2. The lowest BCUT2D eigenvalue weighted by molar-refractivity contribution is 0.0728. The highest BCUT2D eigenvalue weighted by Gasteiger charge is 2.38. The van der Waals surface area contributed by atoms with Gasteiger partial charge in [0.05, 0.1) is 6.17 Å². The average Bonchev–Trinajstić information content (AvgIpc) is 2.06. The number of hydrogen-bond acceptors (Lipinski definition) is 4. The lowest BCUT2D eigenvalue weighted by Crippen LogP contribution is -2.52. The van der Waals surface area contributed by atoms with E-state index in [4.69, 9.17) is 19.0 Å². The van der Waals surface area contributed by atoms with Crippen LogP contribution in [0.2, 0.25) is 0 Å². The van der Waals surface area contributed by atoms with E-state index in [0.717, 1.165) is 0 Å². The third kappa shape index (κ3) is 6.50. The molecule has 0 bridgehead atoms. The van der Waals surface area contributed by atoms with Gasteiger partial charge in [-0.05, 0) is 20.8 Å². The topological polar surface area (TPSA) is 53.7 Å². The molecule has 0 aliphatic carbocycles. The Morgan fingerprint density at radius 2 is 1.14 bits per heavy atom. The van der Waals surface area contributed by atoms with Crippen LogP contribution in [0.15, 0.2) is 0 Å². The van der Waals surface area contributed by atoms with Crippen molar-refractivity contribution in [2.45, 2.75) is 35.6 Å². The van der Waals surface area contributed by atoms with Gasteiger partial charge in [-0.1, -0.05) is 14.9 Å². The fourth-order valence-corrected chi connectivity index (χ4v) is 2.88. The van der Waals surface area contributed by atoms with Crippen molar-refractivity contribution in [3.63, 3.8) is 0 Å². The zero-order valence-corrected chi connectivity index (χ0v) is 9.13. The van der Waals surface area contributed by atoms with Crippen molar-refractivity contribution >= 4 is 8.80 Å². The molecule has 0 aromatic carbocycles. The number of hydrogen-bond donors (Lipinski definition) is 1. The van der Waals surface area contributed by atoms with Crippen LogP contribution in [0, 0.1) is 0 Å². The standard InChI is InChI=1S/C7H19NO3Si.2CH4/c1-4-9-12(7-8,10-5-2)11-6-3;;/h4-8H2,1-3H3;2*1H4. The molecule has 0 aliphatic heterocycles. The minimum atomic E-state index is -2.49. The van der Waals surface area contributed by atoms with E-state index in [1.54, 1.807) is 0 Å². The first kappa shape index (κ1) is 19.6. The van der Waals surface area contributed by atoms with E-state index in [-0.39, 0.29) is 14.9 Å². The van der Waals surface area contributed by atoms with Crippen LogP contribution in [0.5, 0.6) is 0 Å². The normalized spacial score (nSPS) is 10.3. The Morgan fingerprint density at radius 3 is 1.29 bits per heavy atom. The Labute approximate surface area is 90.1 Å². The second-order valence-electron chi connectivity index (χ2n) is 2.19. The number of nitrogens with two attached hydrogens (primary N) is 1. The molecule has 4 nitrogen and oxygen atoms in total. The maximum atomic E-state index is 5.55. The molecule has 0 saturated carbocycles. The smallest absolute Gasteiger partial charge is 0.373 e. The van der Waals surface area contributed by atoms with Crippen molar-refractivity contribution in [2.24, 2.45) is 5.73 Å². The number of rotatable bonds is 7. The van der Waals surface area contributed by atoms with Gasteiger partial charge in [-0.3, -0.25) is 0 Å². The summed E-state index contributed by atoms with van der Waals surface area (Å²) in [7, 11) is -2.49. The van der Waals surface area contributed by atoms with E-state index in [2.05, 4.69) is 0 Å². The van der Waals surface area contributed by atoms with Crippen molar-refractivity contribution < 1.29 is 13.3 Å². The highest BCUT2D eigenvalue weighted by molar-refractivity contribution is 6.60. The highest BCUT2D eigenvalue weighted by atomic mass is 28.4. The first-order chi connectivity index (χ1) is 5.74. The second-order valence-corrected chi connectivity index (χ2v) is 4.83. The van der Waals surface area contributed by atoms with E-state index < -0.39 is 8.80 Å². The molecule has 0 fully saturated rings. The molecule has 0 rings (SSSR count). The van der Waals surface area contributed by atoms with Crippen molar-refractivity contribution in [1.82, 2.24) is 0 Å². The van der Waals surface area contributed by atoms with E-state index in [9.17, 15) is 0 Å². The molecule has 0 aromatic rings. The zero-order valence-electron chi connectivity index (χ0n) is 8.13. The molecule has 0 unspecified atom stereocenters. The van der Waals surface area contributed by atoms with Gasteiger partial charge in [0.25, 0.3) is 0 Å². The third-order valence-electron chi connectivity index (χ3n) is 1.34. The van der Waals surface area contributed by atoms with Crippen molar-refractivity contribution in [2.75, 3.05) is 26.0 Å². The summed E-state index contributed by atoms with van der Waals surface area (Å²) in [4.78, 5) is 0. The molecule has 5 heteroatoms. The first-order valence-corrected chi connectivity index (χ1v) is 6.29. The molecule has 0 spiro atoms. The minimum Gasteiger partial charge on any atom is -0.373 e. The molecule has 0 amide bonds. The molecule has 90 valence electrons. The fourth-order valence-electron chi connectivity index (χ4n) is 0.962. The predicted molar refractivity (Wildman–Crippen MR) is 63.1 cm³/mol. The summed E-state index contributed by atoms with van der Waals surface area (Å²) in [5.41, 5.74) is 5.55. The van der Waals surface area contributed by atoms with Crippen LogP contribution in [0.1, 0.15) is 35.6 Å². The monoisotopic (exact) mass is 225 g/mol. The molecular formula is C9H27NO3Si. The van der Waals surface area contributed by atoms with Crippen molar-refractivity contribution in [3.8, 4) is 0 Å². The molecule has 0 aliphatic rings. The van der Waals surface area contributed by atoms with Gasteiger partial charge in [-0.25, -0.2) is 0 Å². The van der Waals surface area contributed by atoms with Crippen LogP contribution in [0.25, 0.3) is 0 Å². The van der Waals surface area contributed by atoms with Crippen LogP contribution < -0.4 is 5.73 Å². The van der Waals surface area contributed by atoms with Gasteiger partial charge in [0.2, 0.25) is 0 Å². The van der Waals surface area contributed by atoms with E-state index in [1.807, 2.05) is 20.8 Å². The van der Waals surface area contributed by atoms with Gasteiger partial charge in [-0.2, -0.15) is 0 Å². The molecule has 0 radical (unpaired) electrons. The second kappa shape index (κ2) is 11.1. The Hall–Kier alpha value is 0.0569. The highest BCUT2D eigenvalue weighted by Crippen LogP contribution is 2.07. The van der Waals surface area contributed by atoms with Gasteiger partial charge in [-0.15, -0.1) is 0 Å². The van der Waals surface area contributed by atoms with Crippen LogP contribution >= 0.6 is 0 Å². The summed E-state index contributed by atoms with van der Waals surface area (Å²) < 4.78 is 16.3. The maximum Gasteiger partial charge on any atom is 0.515 e. The lowest BCUT2D eigenvalue weighted by Gasteiger charge is -2.26. The molecule has 2 N–H and O–H groups in total. The van der Waals surface area contributed by atoms with Gasteiger partial charge in [0.1, 0.15) is 0 Å². The first-order valence-electron chi connectivity index (χ1n) is 4.36. The molecule has 14 heavy (non-hydrogen) atoms. The average molecular weight is 225 g/mol. The molecule has 0 saturated heterocycles. The third-order valence-corrected chi connectivity index (χ3v) is 4.03. The molecule has 0 aromatic heterocycles.